The number of hydrogen-bond acceptors (Lipinski definition) is 4. The third-order valence-electron chi connectivity index (χ3n) is 3.81. The Kier molecular flexibility index (Phi) is 4.34. The molecule has 1 amide bonds. The lowest BCUT2D eigenvalue weighted by molar-refractivity contribution is -0.140. The highest BCUT2D eigenvalue weighted by atomic mass is 32.2. The summed E-state index contributed by atoms with van der Waals surface area (Å²) in [6, 6.07) is 13.7. The van der Waals surface area contributed by atoms with E-state index in [1.54, 1.807) is 16.7 Å². The van der Waals surface area contributed by atoms with Gasteiger partial charge in [0.15, 0.2) is 0 Å². The number of rotatable bonds is 2. The van der Waals surface area contributed by atoms with Crippen LogP contribution >= 0.6 is 11.8 Å². The summed E-state index contributed by atoms with van der Waals surface area (Å²) in [5.41, 5.74) is 0.661. The minimum atomic E-state index is -0.289. The number of thioether (sulfide) groups is 1. The van der Waals surface area contributed by atoms with Crippen LogP contribution in [0.1, 0.15) is 10.4 Å². The monoisotopic (exact) mass is 315 g/mol. The van der Waals surface area contributed by atoms with E-state index in [-0.39, 0.29) is 17.1 Å². The molecule has 1 saturated heterocycles. The largest absolute Gasteiger partial charge is 0.468 e. The third kappa shape index (κ3) is 2.95. The average molecular weight is 315 g/mol. The van der Waals surface area contributed by atoms with Crippen LogP contribution in [0.15, 0.2) is 42.5 Å². The molecule has 0 N–H and O–H groups in total. The van der Waals surface area contributed by atoms with Crippen molar-refractivity contribution in [3.8, 4) is 0 Å². The van der Waals surface area contributed by atoms with Crippen LogP contribution in [0, 0.1) is 0 Å². The Balaban J connectivity index is 1.81. The van der Waals surface area contributed by atoms with Gasteiger partial charge in [-0.2, -0.15) is 0 Å². The molecule has 1 aliphatic rings. The zero-order valence-corrected chi connectivity index (χ0v) is 13.1. The fourth-order valence-electron chi connectivity index (χ4n) is 2.61. The molecule has 4 nitrogen and oxygen atoms in total. The minimum absolute atomic E-state index is 0.0278. The van der Waals surface area contributed by atoms with E-state index in [1.165, 1.54) is 7.11 Å². The molecular weight excluding hydrogens is 298 g/mol. The quantitative estimate of drug-likeness (QED) is 0.799. The van der Waals surface area contributed by atoms with Crippen LogP contribution in [0.2, 0.25) is 0 Å². The second kappa shape index (κ2) is 6.40. The van der Waals surface area contributed by atoms with Crippen molar-refractivity contribution in [1.82, 2.24) is 4.90 Å². The molecule has 0 aromatic heterocycles. The van der Waals surface area contributed by atoms with Gasteiger partial charge in [-0.25, -0.2) is 0 Å². The van der Waals surface area contributed by atoms with Crippen molar-refractivity contribution in [3.05, 3.63) is 48.0 Å². The Bertz CT molecular complexity index is 716. The predicted octanol–water partition coefficient (Wildman–Crippen LogP) is 2.57. The lowest BCUT2D eigenvalue weighted by Gasteiger charge is -2.31. The average Bonchev–Trinajstić information content (AvgIpc) is 2.60. The number of benzene rings is 2. The topological polar surface area (TPSA) is 46.6 Å². The van der Waals surface area contributed by atoms with Crippen molar-refractivity contribution in [2.75, 3.05) is 26.0 Å². The highest BCUT2D eigenvalue weighted by molar-refractivity contribution is 8.00. The highest BCUT2D eigenvalue weighted by Crippen LogP contribution is 2.22. The van der Waals surface area contributed by atoms with Crippen LogP contribution < -0.4 is 0 Å². The molecule has 1 heterocycles. The van der Waals surface area contributed by atoms with Crippen LogP contribution in [0.5, 0.6) is 0 Å². The molecule has 0 unspecified atom stereocenters. The molecule has 0 saturated carbocycles. The van der Waals surface area contributed by atoms with Gasteiger partial charge < -0.3 is 9.64 Å². The van der Waals surface area contributed by atoms with Gasteiger partial charge in [-0.3, -0.25) is 9.59 Å². The van der Waals surface area contributed by atoms with E-state index < -0.39 is 0 Å². The Hall–Kier alpha value is -2.01. The van der Waals surface area contributed by atoms with E-state index in [0.29, 0.717) is 18.7 Å². The smallest absolute Gasteiger partial charge is 0.320 e. The van der Waals surface area contributed by atoms with E-state index in [1.807, 2.05) is 42.5 Å². The first kappa shape index (κ1) is 14.9. The van der Waals surface area contributed by atoms with Crippen molar-refractivity contribution in [2.45, 2.75) is 5.25 Å². The first-order valence-corrected chi connectivity index (χ1v) is 8.21. The fraction of sp³-hybridized carbons (Fsp3) is 0.294. The molecule has 3 rings (SSSR count). The summed E-state index contributed by atoms with van der Waals surface area (Å²) in [5.74, 6) is 0.458. The summed E-state index contributed by atoms with van der Waals surface area (Å²) in [6.45, 7) is 1.06. The van der Waals surface area contributed by atoms with Crippen molar-refractivity contribution in [2.24, 2.45) is 0 Å². The third-order valence-corrected chi connectivity index (χ3v) is 4.98. The SMILES string of the molecule is COC(=O)[C@H]1CN(C(=O)c2ccc3ccccc3c2)CCS1. The van der Waals surface area contributed by atoms with Gasteiger partial charge in [0.2, 0.25) is 0 Å². The Morgan fingerprint density at radius 1 is 1.18 bits per heavy atom. The van der Waals surface area contributed by atoms with Crippen molar-refractivity contribution in [3.63, 3.8) is 0 Å². The summed E-state index contributed by atoms with van der Waals surface area (Å²) in [6.07, 6.45) is 0. The number of hydrogen-bond donors (Lipinski definition) is 0. The summed E-state index contributed by atoms with van der Waals surface area (Å²) < 4.78 is 4.78. The van der Waals surface area contributed by atoms with Gasteiger partial charge in [0.25, 0.3) is 5.91 Å². The van der Waals surface area contributed by atoms with E-state index in [9.17, 15) is 9.59 Å². The molecule has 2 aromatic rings. The van der Waals surface area contributed by atoms with E-state index in [2.05, 4.69) is 0 Å². The molecule has 1 aliphatic heterocycles. The summed E-state index contributed by atoms with van der Waals surface area (Å²) >= 11 is 1.55. The number of carbonyl (C=O) groups is 2. The number of carbonyl (C=O) groups excluding carboxylic acids is 2. The summed E-state index contributed by atoms with van der Waals surface area (Å²) in [4.78, 5) is 26.1. The number of methoxy groups -OCH3 is 1. The molecule has 114 valence electrons. The van der Waals surface area contributed by atoms with Crippen LogP contribution in [0.4, 0.5) is 0 Å². The fourth-order valence-corrected chi connectivity index (χ4v) is 3.74. The molecule has 1 atom stereocenters. The number of ether oxygens (including phenoxy) is 1. The number of esters is 1. The zero-order chi connectivity index (χ0) is 15.5. The van der Waals surface area contributed by atoms with E-state index >= 15 is 0 Å². The number of fused-ring (bicyclic) bond motifs is 1. The molecule has 0 aliphatic carbocycles. The van der Waals surface area contributed by atoms with E-state index in [4.69, 9.17) is 4.74 Å². The van der Waals surface area contributed by atoms with Crippen LogP contribution in [0.3, 0.4) is 0 Å². The number of nitrogens with zero attached hydrogens (tertiary/aromatic N) is 1. The van der Waals surface area contributed by atoms with Gasteiger partial charge in [-0.1, -0.05) is 30.3 Å². The molecule has 0 spiro atoms. The Labute approximate surface area is 133 Å². The predicted molar refractivity (Wildman–Crippen MR) is 88.1 cm³/mol. The van der Waals surface area contributed by atoms with Gasteiger partial charge in [-0.05, 0) is 22.9 Å². The van der Waals surface area contributed by atoms with Gasteiger partial charge in [-0.15, -0.1) is 11.8 Å². The normalized spacial score (nSPS) is 18.2. The van der Waals surface area contributed by atoms with Crippen molar-refractivity contribution < 1.29 is 14.3 Å². The van der Waals surface area contributed by atoms with Gasteiger partial charge >= 0.3 is 5.97 Å². The zero-order valence-electron chi connectivity index (χ0n) is 12.3. The number of amides is 1. The molecular formula is C17H17NO3S. The summed E-state index contributed by atoms with van der Waals surface area (Å²) in [5, 5.41) is 1.87. The molecule has 1 fully saturated rings. The molecule has 22 heavy (non-hydrogen) atoms. The van der Waals surface area contributed by atoms with Crippen molar-refractivity contribution >= 4 is 34.4 Å². The first-order chi connectivity index (χ1) is 10.7. The summed E-state index contributed by atoms with van der Waals surface area (Å²) in [7, 11) is 1.38. The highest BCUT2D eigenvalue weighted by Gasteiger charge is 2.30. The van der Waals surface area contributed by atoms with Gasteiger partial charge in [0.1, 0.15) is 5.25 Å². The van der Waals surface area contributed by atoms with Gasteiger partial charge in [0, 0.05) is 24.4 Å². The second-order valence-electron chi connectivity index (χ2n) is 5.20. The second-order valence-corrected chi connectivity index (χ2v) is 6.51. The lowest BCUT2D eigenvalue weighted by Crippen LogP contribution is -2.44. The minimum Gasteiger partial charge on any atom is -0.468 e. The van der Waals surface area contributed by atoms with Gasteiger partial charge in [0.05, 0.1) is 7.11 Å². The van der Waals surface area contributed by atoms with Crippen LogP contribution in [0.25, 0.3) is 10.8 Å². The van der Waals surface area contributed by atoms with Crippen LogP contribution in [-0.2, 0) is 9.53 Å². The molecule has 0 radical (unpaired) electrons. The molecule has 2 aromatic carbocycles. The maximum atomic E-state index is 12.7. The van der Waals surface area contributed by atoms with Crippen molar-refractivity contribution in [1.29, 1.82) is 0 Å². The van der Waals surface area contributed by atoms with Crippen LogP contribution in [-0.4, -0.2) is 48.0 Å². The Morgan fingerprint density at radius 2 is 1.95 bits per heavy atom. The standard InChI is InChI=1S/C17H17NO3S/c1-21-17(20)15-11-18(8-9-22-15)16(19)14-7-6-12-4-2-3-5-13(12)10-14/h2-7,10,15H,8-9,11H2,1H3/t15-/m1/s1. The van der Waals surface area contributed by atoms with E-state index in [0.717, 1.165) is 16.5 Å². The lowest BCUT2D eigenvalue weighted by atomic mass is 10.1. The Morgan fingerprint density at radius 3 is 2.73 bits per heavy atom. The molecule has 5 heteroatoms. The maximum absolute atomic E-state index is 12.7. The maximum Gasteiger partial charge on any atom is 0.320 e. The first-order valence-electron chi connectivity index (χ1n) is 7.16. The molecule has 0 bridgehead atoms.